The largest absolute Gasteiger partial charge is 0.490 e. The zero-order valence-electron chi connectivity index (χ0n) is 15.3. The Hall–Kier alpha value is -0.970. The molecule has 0 heterocycles. The molecule has 24 heavy (non-hydrogen) atoms. The van der Waals surface area contributed by atoms with Crippen LogP contribution in [-0.4, -0.2) is 33.0 Å². The lowest BCUT2D eigenvalue weighted by Crippen LogP contribution is -2.16. The highest BCUT2D eigenvalue weighted by molar-refractivity contribution is 6.32. The predicted molar refractivity (Wildman–Crippen MR) is 100 cm³/mol. The third-order valence-corrected chi connectivity index (χ3v) is 3.71. The molecule has 0 fully saturated rings. The summed E-state index contributed by atoms with van der Waals surface area (Å²) in [5.41, 5.74) is 1.10. The molecule has 0 aliphatic heterocycles. The van der Waals surface area contributed by atoms with Gasteiger partial charge in [-0.05, 0) is 50.4 Å². The van der Waals surface area contributed by atoms with Gasteiger partial charge in [-0.2, -0.15) is 0 Å². The predicted octanol–water partition coefficient (Wildman–Crippen LogP) is 4.82. The molecule has 1 aromatic rings. The van der Waals surface area contributed by atoms with E-state index in [4.69, 9.17) is 25.8 Å². The van der Waals surface area contributed by atoms with Gasteiger partial charge in [0.25, 0.3) is 0 Å². The molecule has 0 amide bonds. The average molecular weight is 358 g/mol. The second-order valence-corrected chi connectivity index (χ2v) is 6.09. The van der Waals surface area contributed by atoms with E-state index >= 15 is 0 Å². The van der Waals surface area contributed by atoms with Crippen molar-refractivity contribution in [1.82, 2.24) is 5.32 Å². The van der Waals surface area contributed by atoms with Crippen molar-refractivity contribution in [2.24, 2.45) is 0 Å². The minimum Gasteiger partial charge on any atom is -0.490 e. The highest BCUT2D eigenvalue weighted by Crippen LogP contribution is 2.36. The summed E-state index contributed by atoms with van der Waals surface area (Å²) in [6.07, 6.45) is 4.26. The molecular weight excluding hydrogens is 326 g/mol. The van der Waals surface area contributed by atoms with Crippen LogP contribution in [0.2, 0.25) is 5.02 Å². The molecule has 138 valence electrons. The van der Waals surface area contributed by atoms with Gasteiger partial charge in [0.2, 0.25) is 0 Å². The van der Waals surface area contributed by atoms with Gasteiger partial charge >= 0.3 is 0 Å². The van der Waals surface area contributed by atoms with E-state index in [0.29, 0.717) is 24.0 Å². The summed E-state index contributed by atoms with van der Waals surface area (Å²) in [5.74, 6) is 1.37. The van der Waals surface area contributed by atoms with Gasteiger partial charge in [-0.25, -0.2) is 0 Å². The smallest absolute Gasteiger partial charge is 0.179 e. The Bertz CT molecular complexity index is 454. The summed E-state index contributed by atoms with van der Waals surface area (Å²) >= 11 is 6.36. The first kappa shape index (κ1) is 21.1. The number of hydrogen-bond donors (Lipinski definition) is 1. The van der Waals surface area contributed by atoms with Crippen molar-refractivity contribution in [2.75, 3.05) is 33.0 Å². The molecular formula is C19H32ClNO3. The van der Waals surface area contributed by atoms with Gasteiger partial charge in [-0.3, -0.25) is 0 Å². The molecule has 0 spiro atoms. The van der Waals surface area contributed by atoms with Crippen molar-refractivity contribution in [3.8, 4) is 11.5 Å². The molecule has 0 bridgehead atoms. The van der Waals surface area contributed by atoms with Crippen molar-refractivity contribution in [3.05, 3.63) is 22.7 Å². The zero-order chi connectivity index (χ0) is 17.6. The molecule has 0 atom stereocenters. The fourth-order valence-electron chi connectivity index (χ4n) is 2.21. The maximum absolute atomic E-state index is 6.36. The Morgan fingerprint density at radius 2 is 1.75 bits per heavy atom. The van der Waals surface area contributed by atoms with E-state index in [1.54, 1.807) is 0 Å². The molecule has 0 aliphatic carbocycles. The summed E-state index contributed by atoms with van der Waals surface area (Å²) in [5, 5.41) is 4.02. The van der Waals surface area contributed by atoms with E-state index in [-0.39, 0.29) is 0 Å². The molecule has 0 unspecified atom stereocenters. The van der Waals surface area contributed by atoms with Crippen molar-refractivity contribution in [1.29, 1.82) is 0 Å². The highest BCUT2D eigenvalue weighted by Gasteiger charge is 2.12. The first-order valence-electron chi connectivity index (χ1n) is 9.09. The Morgan fingerprint density at radius 3 is 2.46 bits per heavy atom. The summed E-state index contributed by atoms with van der Waals surface area (Å²) in [6.45, 7) is 10.8. The second-order valence-electron chi connectivity index (χ2n) is 5.68. The van der Waals surface area contributed by atoms with E-state index < -0.39 is 0 Å². The van der Waals surface area contributed by atoms with Crippen LogP contribution < -0.4 is 14.8 Å². The number of nitrogens with one attached hydrogen (secondary N) is 1. The van der Waals surface area contributed by atoms with E-state index in [1.165, 1.54) is 6.42 Å². The molecule has 1 aromatic carbocycles. The molecule has 0 aromatic heterocycles. The fraction of sp³-hybridized carbons (Fsp3) is 0.684. The average Bonchev–Trinajstić information content (AvgIpc) is 2.57. The molecule has 0 saturated heterocycles. The van der Waals surface area contributed by atoms with Gasteiger partial charge in [0.1, 0.15) is 0 Å². The summed E-state index contributed by atoms with van der Waals surface area (Å²) in [7, 11) is 0. The first-order chi connectivity index (χ1) is 11.7. The molecule has 0 radical (unpaired) electrons. The number of halogens is 1. The lowest BCUT2D eigenvalue weighted by Gasteiger charge is -2.15. The van der Waals surface area contributed by atoms with Crippen LogP contribution in [0.15, 0.2) is 12.1 Å². The van der Waals surface area contributed by atoms with Crippen molar-refractivity contribution in [2.45, 2.75) is 53.0 Å². The summed E-state index contributed by atoms with van der Waals surface area (Å²) in [4.78, 5) is 0. The Morgan fingerprint density at radius 1 is 0.958 bits per heavy atom. The number of ether oxygens (including phenoxy) is 3. The van der Waals surface area contributed by atoms with Gasteiger partial charge < -0.3 is 19.5 Å². The first-order valence-corrected chi connectivity index (χ1v) is 9.47. The lowest BCUT2D eigenvalue weighted by atomic mass is 10.2. The second kappa shape index (κ2) is 13.3. The van der Waals surface area contributed by atoms with Crippen LogP contribution in [0.3, 0.4) is 0 Å². The number of hydrogen-bond acceptors (Lipinski definition) is 4. The maximum Gasteiger partial charge on any atom is 0.179 e. The van der Waals surface area contributed by atoms with Crippen LogP contribution in [0, 0.1) is 0 Å². The number of unbranched alkanes of at least 4 members (excludes halogenated alkanes) is 1. The number of benzene rings is 1. The normalized spacial score (nSPS) is 10.8. The zero-order valence-corrected chi connectivity index (χ0v) is 16.1. The summed E-state index contributed by atoms with van der Waals surface area (Å²) in [6, 6.07) is 3.95. The topological polar surface area (TPSA) is 39.7 Å². The highest BCUT2D eigenvalue weighted by atomic mass is 35.5. The minimum atomic E-state index is 0.588. The third kappa shape index (κ3) is 8.22. The lowest BCUT2D eigenvalue weighted by molar-refractivity contribution is 0.129. The summed E-state index contributed by atoms with van der Waals surface area (Å²) < 4.78 is 17.0. The van der Waals surface area contributed by atoms with Crippen LogP contribution in [0.5, 0.6) is 11.5 Å². The molecule has 4 nitrogen and oxygen atoms in total. The maximum atomic E-state index is 6.36. The number of rotatable bonds is 14. The molecule has 1 N–H and O–H groups in total. The minimum absolute atomic E-state index is 0.588. The molecule has 0 aliphatic rings. The molecule has 1 rings (SSSR count). The van der Waals surface area contributed by atoms with E-state index in [2.05, 4.69) is 19.2 Å². The van der Waals surface area contributed by atoms with Crippen LogP contribution in [0.1, 0.15) is 52.0 Å². The van der Waals surface area contributed by atoms with Crippen LogP contribution in [0.25, 0.3) is 0 Å². The Balaban J connectivity index is 2.44. The Labute approximate surface area is 151 Å². The SMILES string of the molecule is CCCCOCCCNCc1cc(Cl)c(OCCC)c(OCC)c1. The van der Waals surface area contributed by atoms with Crippen molar-refractivity contribution in [3.63, 3.8) is 0 Å². The van der Waals surface area contributed by atoms with Gasteiger partial charge in [0.15, 0.2) is 11.5 Å². The standard InChI is InChI=1S/C19H32ClNO3/c1-4-7-11-22-12-8-9-21-15-16-13-17(20)19(24-10-5-2)18(14-16)23-6-3/h13-14,21H,4-12,15H2,1-3H3. The van der Waals surface area contributed by atoms with Gasteiger partial charge in [-0.15, -0.1) is 0 Å². The van der Waals surface area contributed by atoms with Crippen LogP contribution in [-0.2, 0) is 11.3 Å². The van der Waals surface area contributed by atoms with Crippen LogP contribution >= 0.6 is 11.6 Å². The fourth-order valence-corrected chi connectivity index (χ4v) is 2.50. The van der Waals surface area contributed by atoms with Crippen molar-refractivity contribution >= 4 is 11.6 Å². The van der Waals surface area contributed by atoms with E-state index in [9.17, 15) is 0 Å². The van der Waals surface area contributed by atoms with Crippen LogP contribution in [0.4, 0.5) is 0 Å². The van der Waals surface area contributed by atoms with Gasteiger partial charge in [-0.1, -0.05) is 31.9 Å². The monoisotopic (exact) mass is 357 g/mol. The quantitative estimate of drug-likeness (QED) is 0.484. The molecule has 5 heteroatoms. The Kier molecular flexibility index (Phi) is 11.7. The van der Waals surface area contributed by atoms with Gasteiger partial charge in [0, 0.05) is 19.8 Å². The third-order valence-electron chi connectivity index (χ3n) is 3.43. The van der Waals surface area contributed by atoms with Gasteiger partial charge in [0.05, 0.1) is 18.2 Å². The van der Waals surface area contributed by atoms with E-state index in [0.717, 1.165) is 56.9 Å². The molecule has 0 saturated carbocycles. The van der Waals surface area contributed by atoms with Crippen molar-refractivity contribution < 1.29 is 14.2 Å². The van der Waals surface area contributed by atoms with E-state index in [1.807, 2.05) is 19.1 Å².